The molecule has 3 rings (SSSR count). The topological polar surface area (TPSA) is 21.3 Å². The molecular formula is C15H20ClNO. The molecule has 1 N–H and O–H groups in total. The maximum atomic E-state index is 6.37. The van der Waals surface area contributed by atoms with Crippen LogP contribution in [0.2, 0.25) is 0 Å². The summed E-state index contributed by atoms with van der Waals surface area (Å²) in [5, 5.41) is 3.94. The molecule has 0 saturated heterocycles. The predicted octanol–water partition coefficient (Wildman–Crippen LogP) is 3.30. The lowest BCUT2D eigenvalue weighted by atomic mass is 9.94. The second kappa shape index (κ2) is 5.50. The molecule has 2 aliphatic rings. The minimum absolute atomic E-state index is 0.302. The molecule has 1 aliphatic carbocycles. The SMILES string of the molecule is ClC1CCCCC1NCC1COc2ccccc21. The average Bonchev–Trinajstić information content (AvgIpc) is 2.81. The summed E-state index contributed by atoms with van der Waals surface area (Å²) < 4.78 is 5.70. The van der Waals surface area contributed by atoms with Gasteiger partial charge in [0.25, 0.3) is 0 Å². The van der Waals surface area contributed by atoms with Crippen LogP contribution in [-0.4, -0.2) is 24.6 Å². The highest BCUT2D eigenvalue weighted by Crippen LogP contribution is 2.33. The second-order valence-electron chi connectivity index (χ2n) is 5.36. The van der Waals surface area contributed by atoms with E-state index in [0.717, 1.165) is 25.3 Å². The van der Waals surface area contributed by atoms with Crippen LogP contribution in [0.4, 0.5) is 0 Å². The molecule has 1 aromatic carbocycles. The third-order valence-corrected chi connectivity index (χ3v) is 4.63. The van der Waals surface area contributed by atoms with Crippen molar-refractivity contribution in [3.05, 3.63) is 29.8 Å². The van der Waals surface area contributed by atoms with Gasteiger partial charge in [-0.05, 0) is 18.9 Å². The van der Waals surface area contributed by atoms with E-state index < -0.39 is 0 Å². The van der Waals surface area contributed by atoms with Gasteiger partial charge in [0.15, 0.2) is 0 Å². The molecule has 0 radical (unpaired) electrons. The molecule has 1 aliphatic heterocycles. The van der Waals surface area contributed by atoms with Gasteiger partial charge in [-0.15, -0.1) is 11.6 Å². The molecule has 1 saturated carbocycles. The highest BCUT2D eigenvalue weighted by molar-refractivity contribution is 6.21. The van der Waals surface area contributed by atoms with Crippen LogP contribution in [-0.2, 0) is 0 Å². The van der Waals surface area contributed by atoms with Crippen LogP contribution >= 0.6 is 11.6 Å². The van der Waals surface area contributed by atoms with Gasteiger partial charge in [0.1, 0.15) is 5.75 Å². The summed E-state index contributed by atoms with van der Waals surface area (Å²) in [4.78, 5) is 0. The number of nitrogens with one attached hydrogen (secondary N) is 1. The Morgan fingerprint density at radius 2 is 2.06 bits per heavy atom. The summed E-state index contributed by atoms with van der Waals surface area (Å²) in [7, 11) is 0. The maximum Gasteiger partial charge on any atom is 0.122 e. The Morgan fingerprint density at radius 1 is 1.22 bits per heavy atom. The van der Waals surface area contributed by atoms with Gasteiger partial charge < -0.3 is 10.1 Å². The van der Waals surface area contributed by atoms with Crippen molar-refractivity contribution in [2.45, 2.75) is 43.0 Å². The zero-order valence-corrected chi connectivity index (χ0v) is 11.3. The third-order valence-electron chi connectivity index (χ3n) is 4.11. The van der Waals surface area contributed by atoms with Crippen LogP contribution < -0.4 is 10.1 Å². The van der Waals surface area contributed by atoms with Gasteiger partial charge >= 0.3 is 0 Å². The molecule has 1 fully saturated rings. The summed E-state index contributed by atoms with van der Waals surface area (Å²) in [6.45, 7) is 1.77. The zero-order chi connectivity index (χ0) is 12.4. The van der Waals surface area contributed by atoms with Crippen LogP contribution in [0.25, 0.3) is 0 Å². The van der Waals surface area contributed by atoms with Crippen LogP contribution in [0.5, 0.6) is 5.75 Å². The number of hydrogen-bond acceptors (Lipinski definition) is 2. The summed E-state index contributed by atoms with van der Waals surface area (Å²) >= 11 is 6.37. The zero-order valence-electron chi connectivity index (χ0n) is 10.6. The normalized spacial score (nSPS) is 30.8. The van der Waals surface area contributed by atoms with E-state index in [9.17, 15) is 0 Å². The quantitative estimate of drug-likeness (QED) is 0.847. The lowest BCUT2D eigenvalue weighted by molar-refractivity contribution is 0.311. The van der Waals surface area contributed by atoms with E-state index in [1.807, 2.05) is 6.07 Å². The summed E-state index contributed by atoms with van der Waals surface area (Å²) in [5.41, 5.74) is 1.34. The molecule has 0 aromatic heterocycles. The maximum absolute atomic E-state index is 6.37. The Kier molecular flexibility index (Phi) is 3.76. The average molecular weight is 266 g/mol. The summed E-state index contributed by atoms with van der Waals surface area (Å²) in [5.74, 6) is 1.53. The van der Waals surface area contributed by atoms with Crippen molar-refractivity contribution in [3.8, 4) is 5.75 Å². The van der Waals surface area contributed by atoms with Crippen molar-refractivity contribution < 1.29 is 4.74 Å². The van der Waals surface area contributed by atoms with E-state index in [4.69, 9.17) is 16.3 Å². The number of para-hydroxylation sites is 1. The fraction of sp³-hybridized carbons (Fsp3) is 0.600. The Bertz CT molecular complexity index is 409. The van der Waals surface area contributed by atoms with Crippen molar-refractivity contribution in [1.29, 1.82) is 0 Å². The molecule has 3 unspecified atom stereocenters. The molecule has 0 bridgehead atoms. The van der Waals surface area contributed by atoms with Gasteiger partial charge in [-0.3, -0.25) is 0 Å². The fourth-order valence-corrected chi connectivity index (χ4v) is 3.38. The number of rotatable bonds is 3. The summed E-state index contributed by atoms with van der Waals surface area (Å²) in [6, 6.07) is 8.83. The van der Waals surface area contributed by atoms with E-state index in [2.05, 4.69) is 23.5 Å². The minimum atomic E-state index is 0.302. The molecule has 0 spiro atoms. The van der Waals surface area contributed by atoms with Gasteiger partial charge in [-0.1, -0.05) is 31.0 Å². The molecule has 2 nitrogen and oxygen atoms in total. The number of benzene rings is 1. The van der Waals surface area contributed by atoms with Crippen LogP contribution in [0.3, 0.4) is 0 Å². The molecule has 1 aromatic rings. The standard InChI is InChI=1S/C15H20ClNO/c16-13-6-2-3-7-14(13)17-9-11-10-18-15-8-4-1-5-12(11)15/h1,4-5,8,11,13-14,17H,2-3,6-7,9-10H2. The third kappa shape index (κ3) is 2.50. The highest BCUT2D eigenvalue weighted by Gasteiger charge is 2.27. The van der Waals surface area contributed by atoms with Crippen molar-refractivity contribution >= 4 is 11.6 Å². The number of alkyl halides is 1. The first-order valence-electron chi connectivity index (χ1n) is 6.94. The molecule has 3 heteroatoms. The van der Waals surface area contributed by atoms with Crippen LogP contribution in [0.15, 0.2) is 24.3 Å². The first-order chi connectivity index (χ1) is 8.84. The van der Waals surface area contributed by atoms with E-state index in [-0.39, 0.29) is 0 Å². The molecule has 0 amide bonds. The Labute approximate surface area is 114 Å². The van der Waals surface area contributed by atoms with E-state index >= 15 is 0 Å². The highest BCUT2D eigenvalue weighted by atomic mass is 35.5. The van der Waals surface area contributed by atoms with Gasteiger partial charge in [0, 0.05) is 29.4 Å². The molecule has 18 heavy (non-hydrogen) atoms. The Morgan fingerprint density at radius 3 is 2.94 bits per heavy atom. The second-order valence-corrected chi connectivity index (χ2v) is 5.92. The molecule has 98 valence electrons. The lowest BCUT2D eigenvalue weighted by Crippen LogP contribution is -2.41. The van der Waals surface area contributed by atoms with Crippen molar-refractivity contribution in [1.82, 2.24) is 5.32 Å². The van der Waals surface area contributed by atoms with E-state index in [1.54, 1.807) is 0 Å². The van der Waals surface area contributed by atoms with Crippen LogP contribution in [0, 0.1) is 0 Å². The number of fused-ring (bicyclic) bond motifs is 1. The van der Waals surface area contributed by atoms with E-state index in [0.29, 0.717) is 17.3 Å². The first-order valence-corrected chi connectivity index (χ1v) is 7.37. The number of halogens is 1. The van der Waals surface area contributed by atoms with Gasteiger partial charge in [-0.25, -0.2) is 0 Å². The lowest BCUT2D eigenvalue weighted by Gasteiger charge is -2.28. The predicted molar refractivity (Wildman–Crippen MR) is 74.6 cm³/mol. The number of ether oxygens (including phenoxy) is 1. The summed E-state index contributed by atoms with van der Waals surface area (Å²) in [6.07, 6.45) is 4.95. The largest absolute Gasteiger partial charge is 0.493 e. The first kappa shape index (κ1) is 12.3. The fourth-order valence-electron chi connectivity index (χ4n) is 3.01. The Balaban J connectivity index is 1.58. The molecule has 1 heterocycles. The van der Waals surface area contributed by atoms with Crippen molar-refractivity contribution in [2.24, 2.45) is 0 Å². The van der Waals surface area contributed by atoms with Crippen molar-refractivity contribution in [3.63, 3.8) is 0 Å². The monoisotopic (exact) mass is 265 g/mol. The van der Waals surface area contributed by atoms with Crippen LogP contribution in [0.1, 0.15) is 37.2 Å². The Hall–Kier alpha value is -0.730. The smallest absolute Gasteiger partial charge is 0.122 e. The van der Waals surface area contributed by atoms with Crippen molar-refractivity contribution in [2.75, 3.05) is 13.2 Å². The van der Waals surface area contributed by atoms with Gasteiger partial charge in [0.05, 0.1) is 6.61 Å². The number of hydrogen-bond donors (Lipinski definition) is 1. The molecule has 3 atom stereocenters. The minimum Gasteiger partial charge on any atom is -0.493 e. The van der Waals surface area contributed by atoms with E-state index in [1.165, 1.54) is 24.8 Å². The molecular weight excluding hydrogens is 246 g/mol. The van der Waals surface area contributed by atoms with Gasteiger partial charge in [-0.2, -0.15) is 0 Å². The van der Waals surface area contributed by atoms with Gasteiger partial charge in [0.2, 0.25) is 0 Å².